The number of aromatic nitrogens is 4. The van der Waals surface area contributed by atoms with E-state index in [2.05, 4.69) is 26.1 Å². The van der Waals surface area contributed by atoms with Gasteiger partial charge in [-0.1, -0.05) is 0 Å². The summed E-state index contributed by atoms with van der Waals surface area (Å²) in [6, 6.07) is 3.74. The monoisotopic (exact) mass is 364 g/mol. The average Bonchev–Trinajstić information content (AvgIpc) is 3.11. The summed E-state index contributed by atoms with van der Waals surface area (Å²) in [5.74, 6) is -0.233. The summed E-state index contributed by atoms with van der Waals surface area (Å²) in [5, 5.41) is 8.46. The lowest BCUT2D eigenvalue weighted by Crippen LogP contribution is -2.05. The summed E-state index contributed by atoms with van der Waals surface area (Å²) in [5.41, 5.74) is 1.96. The molecular weight excluding hydrogens is 352 g/mol. The first-order valence-electron chi connectivity index (χ1n) is 6.58. The van der Waals surface area contributed by atoms with Gasteiger partial charge in [0, 0.05) is 12.4 Å². The summed E-state index contributed by atoms with van der Waals surface area (Å²) in [6.45, 7) is 2.04. The van der Waals surface area contributed by atoms with E-state index in [0.717, 1.165) is 15.7 Å². The molecule has 0 saturated carbocycles. The largest absolute Gasteiger partial charge is 0.479 e. The lowest BCUT2D eigenvalue weighted by atomic mass is 10.3. The van der Waals surface area contributed by atoms with Crippen molar-refractivity contribution in [1.82, 2.24) is 19.4 Å². The Morgan fingerprint density at radius 2 is 2.27 bits per heavy atom. The molecule has 0 aliphatic rings. The van der Waals surface area contributed by atoms with Crippen molar-refractivity contribution in [2.75, 3.05) is 13.7 Å². The summed E-state index contributed by atoms with van der Waals surface area (Å²) in [7, 11) is 1.46. The number of hydrogen-bond acceptors (Lipinski definition) is 5. The molecule has 3 heterocycles. The molecule has 7 nitrogen and oxygen atoms in total. The highest BCUT2D eigenvalue weighted by Crippen LogP contribution is 2.23. The van der Waals surface area contributed by atoms with Crippen LogP contribution in [-0.2, 0) is 4.74 Å². The van der Waals surface area contributed by atoms with Crippen molar-refractivity contribution in [3.05, 3.63) is 40.8 Å². The number of nitrogens with zero attached hydrogens (tertiary/aromatic N) is 4. The van der Waals surface area contributed by atoms with Crippen LogP contribution in [0.5, 0.6) is 5.88 Å². The van der Waals surface area contributed by atoms with Crippen LogP contribution >= 0.6 is 15.9 Å². The fraction of sp³-hybridized carbons (Fsp3) is 0.214. The molecule has 0 aliphatic heterocycles. The number of halogens is 1. The molecule has 0 saturated heterocycles. The zero-order valence-corrected chi connectivity index (χ0v) is 13.6. The summed E-state index contributed by atoms with van der Waals surface area (Å²) in [6.07, 6.45) is 5.12. The zero-order valence-electron chi connectivity index (χ0n) is 12.0. The Bertz CT molecular complexity index is 840. The first-order valence-corrected chi connectivity index (χ1v) is 7.37. The van der Waals surface area contributed by atoms with Gasteiger partial charge in [0.1, 0.15) is 5.56 Å². The molecule has 0 spiro atoms. The van der Waals surface area contributed by atoms with E-state index in [0.29, 0.717) is 6.61 Å². The minimum atomic E-state index is -0.461. The molecule has 0 fully saturated rings. The smallest absolute Gasteiger partial charge is 0.345 e. The van der Waals surface area contributed by atoms with Crippen molar-refractivity contribution < 1.29 is 14.3 Å². The van der Waals surface area contributed by atoms with E-state index in [4.69, 9.17) is 9.47 Å². The summed E-state index contributed by atoms with van der Waals surface area (Å²) >= 11 is 3.44. The van der Waals surface area contributed by atoms with Crippen molar-refractivity contribution in [3.63, 3.8) is 0 Å². The third kappa shape index (κ3) is 2.45. The number of esters is 1. The van der Waals surface area contributed by atoms with Crippen LogP contribution in [0.4, 0.5) is 0 Å². The number of rotatable bonds is 4. The quantitative estimate of drug-likeness (QED) is 0.665. The van der Waals surface area contributed by atoms with E-state index in [1.54, 1.807) is 28.5 Å². The Balaban J connectivity index is 2.06. The number of methoxy groups -OCH3 is 1. The second-order valence-corrected chi connectivity index (χ2v) is 5.28. The first kappa shape index (κ1) is 14.6. The van der Waals surface area contributed by atoms with Gasteiger partial charge in [0.05, 0.1) is 35.6 Å². The molecule has 22 heavy (non-hydrogen) atoms. The minimum absolute atomic E-state index is 0.228. The molecule has 3 aromatic rings. The number of hydrogen-bond donors (Lipinski definition) is 0. The van der Waals surface area contributed by atoms with E-state index in [1.807, 2.05) is 18.3 Å². The number of fused-ring (bicyclic) bond motifs is 1. The molecule has 0 amide bonds. The van der Waals surface area contributed by atoms with Gasteiger partial charge in [-0.3, -0.25) is 0 Å². The molecule has 3 rings (SSSR count). The van der Waals surface area contributed by atoms with E-state index < -0.39 is 5.97 Å². The molecule has 0 aromatic carbocycles. The predicted molar refractivity (Wildman–Crippen MR) is 82.5 cm³/mol. The van der Waals surface area contributed by atoms with E-state index in [-0.39, 0.29) is 11.4 Å². The van der Waals surface area contributed by atoms with Crippen molar-refractivity contribution in [2.24, 2.45) is 0 Å². The van der Waals surface area contributed by atoms with Crippen LogP contribution in [0.25, 0.3) is 11.2 Å². The standard InChI is InChI=1S/C14H13BrN4O3/c1-3-22-14(20)10-8-19(17-13(10)21-2)9-4-5-18-12(6-9)11(15)7-16-18/h4-8H,3H2,1-2H3. The highest BCUT2D eigenvalue weighted by atomic mass is 79.9. The van der Waals surface area contributed by atoms with Crippen LogP contribution < -0.4 is 4.74 Å². The first-order chi connectivity index (χ1) is 10.6. The molecule has 3 aromatic heterocycles. The van der Waals surface area contributed by atoms with Crippen molar-refractivity contribution >= 4 is 27.4 Å². The van der Waals surface area contributed by atoms with Crippen molar-refractivity contribution in [2.45, 2.75) is 6.92 Å². The summed E-state index contributed by atoms with van der Waals surface area (Å²) in [4.78, 5) is 11.9. The molecule has 114 valence electrons. The minimum Gasteiger partial charge on any atom is -0.479 e. The Hall–Kier alpha value is -2.35. The lowest BCUT2D eigenvalue weighted by Gasteiger charge is -2.02. The topological polar surface area (TPSA) is 70.7 Å². The van der Waals surface area contributed by atoms with Crippen LogP contribution in [-0.4, -0.2) is 39.1 Å². The SMILES string of the molecule is CCOC(=O)c1cn(-c2ccn3ncc(Br)c3c2)nc1OC. The molecule has 0 unspecified atom stereocenters. The Kier molecular flexibility index (Phi) is 3.84. The number of ether oxygens (including phenoxy) is 2. The number of carbonyl (C=O) groups is 1. The van der Waals surface area contributed by atoms with Crippen LogP contribution in [0.3, 0.4) is 0 Å². The maximum absolute atomic E-state index is 11.9. The van der Waals surface area contributed by atoms with Gasteiger partial charge in [0.2, 0.25) is 5.88 Å². The fourth-order valence-corrected chi connectivity index (χ4v) is 2.46. The summed E-state index contributed by atoms with van der Waals surface area (Å²) < 4.78 is 14.3. The molecule has 0 atom stereocenters. The Labute approximate surface area is 134 Å². The maximum Gasteiger partial charge on any atom is 0.345 e. The van der Waals surface area contributed by atoms with E-state index >= 15 is 0 Å². The number of carbonyl (C=O) groups excluding carboxylic acids is 1. The Morgan fingerprint density at radius 3 is 3.00 bits per heavy atom. The van der Waals surface area contributed by atoms with Gasteiger partial charge in [0.15, 0.2) is 0 Å². The van der Waals surface area contributed by atoms with Crippen molar-refractivity contribution in [1.29, 1.82) is 0 Å². The van der Waals surface area contributed by atoms with Crippen molar-refractivity contribution in [3.8, 4) is 11.6 Å². The second-order valence-electron chi connectivity index (χ2n) is 4.42. The van der Waals surface area contributed by atoms with Gasteiger partial charge >= 0.3 is 5.97 Å². The van der Waals surface area contributed by atoms with Gasteiger partial charge < -0.3 is 9.47 Å². The van der Waals surface area contributed by atoms with Crippen LogP contribution in [0.2, 0.25) is 0 Å². The highest BCUT2D eigenvalue weighted by molar-refractivity contribution is 9.10. The Morgan fingerprint density at radius 1 is 1.45 bits per heavy atom. The number of pyridine rings is 1. The molecule has 0 N–H and O–H groups in total. The molecule has 8 heteroatoms. The third-order valence-electron chi connectivity index (χ3n) is 3.09. The highest BCUT2D eigenvalue weighted by Gasteiger charge is 2.19. The second kappa shape index (κ2) is 5.80. The van der Waals surface area contributed by atoms with Gasteiger partial charge in [-0.05, 0) is 35.0 Å². The van der Waals surface area contributed by atoms with E-state index in [1.165, 1.54) is 7.11 Å². The van der Waals surface area contributed by atoms with Crippen LogP contribution in [0.1, 0.15) is 17.3 Å². The normalized spacial score (nSPS) is 10.9. The molecule has 0 radical (unpaired) electrons. The fourth-order valence-electron chi connectivity index (χ4n) is 2.07. The lowest BCUT2D eigenvalue weighted by molar-refractivity contribution is 0.0522. The van der Waals surface area contributed by atoms with E-state index in [9.17, 15) is 4.79 Å². The maximum atomic E-state index is 11.9. The molecule has 0 aliphatic carbocycles. The zero-order chi connectivity index (χ0) is 15.7. The van der Waals surface area contributed by atoms with Gasteiger partial charge in [0.25, 0.3) is 0 Å². The van der Waals surface area contributed by atoms with Gasteiger partial charge in [-0.15, -0.1) is 5.10 Å². The average molecular weight is 365 g/mol. The van der Waals surface area contributed by atoms with Gasteiger partial charge in [-0.2, -0.15) is 5.10 Å². The van der Waals surface area contributed by atoms with Gasteiger partial charge in [-0.25, -0.2) is 14.0 Å². The molecule has 0 bridgehead atoms. The van der Waals surface area contributed by atoms with Crippen LogP contribution in [0, 0.1) is 0 Å². The predicted octanol–water partition coefficient (Wildman–Crippen LogP) is 2.47. The van der Waals surface area contributed by atoms with Crippen LogP contribution in [0.15, 0.2) is 35.2 Å². The third-order valence-corrected chi connectivity index (χ3v) is 3.70. The molecular formula is C14H13BrN4O3.